The Morgan fingerprint density at radius 3 is 2.07 bits per heavy atom. The number of aliphatic hydroxyl groups is 1. The van der Waals surface area contributed by atoms with E-state index in [9.17, 15) is 47.0 Å². The Balaban J connectivity index is 0.779. The zero-order chi connectivity index (χ0) is 61.6. The van der Waals surface area contributed by atoms with Crippen LogP contribution in [0.25, 0.3) is 21.6 Å². The zero-order valence-electron chi connectivity index (χ0n) is 48.7. The maximum atomic E-state index is 15.6. The number of carbonyl (C=O) groups is 5. The van der Waals surface area contributed by atoms with Gasteiger partial charge in [0, 0.05) is 81.0 Å². The number of likely N-dealkylation sites (N-methyl/N-ethyl adjacent to an activating group) is 1. The summed E-state index contributed by atoms with van der Waals surface area (Å²) in [5, 5.41) is 21.6. The van der Waals surface area contributed by atoms with Gasteiger partial charge >= 0.3 is 6.18 Å². The molecule has 2 aliphatic rings. The van der Waals surface area contributed by atoms with Crippen LogP contribution in [-0.2, 0) is 46.1 Å². The number of β-amino-alcohol motifs (C(OH)–C–C–N with tert-alkyl or cyclic N) is 1. The fourth-order valence-corrected chi connectivity index (χ4v) is 10.7. The molecule has 2 saturated heterocycles. The van der Waals surface area contributed by atoms with Gasteiger partial charge in [-0.1, -0.05) is 51.1 Å². The van der Waals surface area contributed by atoms with E-state index >= 15 is 4.39 Å². The molecule has 0 saturated carbocycles. The van der Waals surface area contributed by atoms with Gasteiger partial charge < -0.3 is 60.1 Å². The molecule has 5 aromatic rings. The average molecular weight is 1210 g/mol. The van der Waals surface area contributed by atoms with Crippen molar-refractivity contribution in [1.82, 2.24) is 35.7 Å². The number of halogens is 4. The average Bonchev–Trinajstić information content (AvgIpc) is 4.33. The van der Waals surface area contributed by atoms with Crippen LogP contribution in [0.5, 0.6) is 0 Å². The standard InChI is InChI=1S/C60H75F4N9O11S/c1-36-32-72(33-37(2)71(36)7)49-15-13-41(27-48(49)69-56(78)45-31-66-52(76)29-46(45)60(62,63)64)44-26-42(12-14-47(44)61)55(77)65-17-19-82-21-23-84-25-24-83-22-20-81-18-16-51(75)70-54(59(4,5)6)58(80)73-34-43(74)28-50(73)57(79)67-30-39-8-10-40(11-9-39)53-38(3)68-35-85-53/h8-15,26-27,29,31,35-37,43,50,54,74H,16-25,28,30,32-34H2,1-7H3,(H,65,77)(H,66,76)(H,67,79)(H,69,78)(H,70,75)/t36-,37+,43-,50+,54?/m1/s1. The summed E-state index contributed by atoms with van der Waals surface area (Å²) < 4.78 is 79.8. The van der Waals surface area contributed by atoms with Crippen LogP contribution in [0.3, 0.4) is 0 Å². The summed E-state index contributed by atoms with van der Waals surface area (Å²) in [6.45, 7) is 14.3. The van der Waals surface area contributed by atoms with Crippen molar-refractivity contribution in [2.45, 2.75) is 97.4 Å². The highest BCUT2D eigenvalue weighted by atomic mass is 32.1. The van der Waals surface area contributed by atoms with Crippen LogP contribution in [0.1, 0.15) is 85.0 Å². The molecule has 5 amide bonds. The minimum absolute atomic E-state index is 0.00143. The molecule has 0 radical (unpaired) electrons. The summed E-state index contributed by atoms with van der Waals surface area (Å²) >= 11 is 1.55. The van der Waals surface area contributed by atoms with Crippen molar-refractivity contribution in [3.8, 4) is 21.6 Å². The van der Waals surface area contributed by atoms with Crippen LogP contribution in [-0.4, -0.2) is 171 Å². The van der Waals surface area contributed by atoms with E-state index in [1.165, 1.54) is 23.1 Å². The molecule has 0 bridgehead atoms. The van der Waals surface area contributed by atoms with E-state index in [4.69, 9.17) is 18.9 Å². The van der Waals surface area contributed by atoms with Crippen LogP contribution in [0.15, 0.2) is 83.2 Å². The zero-order valence-corrected chi connectivity index (χ0v) is 49.6. The molecule has 7 rings (SSSR count). The predicted molar refractivity (Wildman–Crippen MR) is 313 cm³/mol. The summed E-state index contributed by atoms with van der Waals surface area (Å²) in [4.78, 5) is 92.1. The summed E-state index contributed by atoms with van der Waals surface area (Å²) in [6, 6.07) is 14.8. The third-order valence-corrected chi connectivity index (χ3v) is 15.8. The van der Waals surface area contributed by atoms with E-state index in [-0.39, 0.29) is 120 Å². The number of hydrogen-bond donors (Lipinski definition) is 6. The van der Waals surface area contributed by atoms with E-state index in [1.807, 2.05) is 77.8 Å². The predicted octanol–water partition coefficient (Wildman–Crippen LogP) is 6.41. The van der Waals surface area contributed by atoms with Crippen LogP contribution >= 0.6 is 11.3 Å². The summed E-state index contributed by atoms with van der Waals surface area (Å²) in [6.07, 6.45) is -5.17. The van der Waals surface area contributed by atoms with Gasteiger partial charge in [0.15, 0.2) is 0 Å². The first kappa shape index (κ1) is 65.4. The van der Waals surface area contributed by atoms with Crippen LogP contribution in [0, 0.1) is 18.2 Å². The fraction of sp³-hybridized carbons (Fsp3) is 0.483. The molecule has 5 atom stereocenters. The monoisotopic (exact) mass is 1210 g/mol. The van der Waals surface area contributed by atoms with Crippen molar-refractivity contribution >= 4 is 52.2 Å². The summed E-state index contributed by atoms with van der Waals surface area (Å²) in [5.74, 6) is -3.63. The molecule has 4 heterocycles. The lowest BCUT2D eigenvalue weighted by molar-refractivity contribution is -0.144. The van der Waals surface area contributed by atoms with Crippen LogP contribution in [0.2, 0.25) is 0 Å². The molecular formula is C60H75F4N9O11S. The number of hydrogen-bond acceptors (Lipinski definition) is 15. The molecule has 1 unspecified atom stereocenters. The molecular weight excluding hydrogens is 1130 g/mol. The first-order chi connectivity index (χ1) is 40.4. The third kappa shape index (κ3) is 18.0. The maximum Gasteiger partial charge on any atom is 0.417 e. The van der Waals surface area contributed by atoms with Gasteiger partial charge in [-0.2, -0.15) is 13.2 Å². The lowest BCUT2D eigenvalue weighted by atomic mass is 9.85. The molecule has 3 aromatic carbocycles. The summed E-state index contributed by atoms with van der Waals surface area (Å²) in [5.41, 5.74) is 1.58. The highest BCUT2D eigenvalue weighted by Gasteiger charge is 2.44. The minimum Gasteiger partial charge on any atom is -0.391 e. The normalized spacial score (nSPS) is 17.8. The number of piperazine rings is 1. The number of amides is 5. The first-order valence-corrected chi connectivity index (χ1v) is 28.9. The molecule has 2 aliphatic heterocycles. The molecule has 85 heavy (non-hydrogen) atoms. The van der Waals surface area contributed by atoms with E-state index in [2.05, 4.69) is 36.1 Å². The first-order valence-electron chi connectivity index (χ1n) is 28.1. The Hall–Kier alpha value is -7.13. The molecule has 6 N–H and O–H groups in total. The molecule has 460 valence electrons. The van der Waals surface area contributed by atoms with E-state index in [1.54, 1.807) is 29.0 Å². The number of benzene rings is 3. The number of nitrogens with zero attached hydrogens (tertiary/aromatic N) is 4. The number of carbonyl (C=O) groups excluding carboxylic acids is 5. The number of anilines is 2. The van der Waals surface area contributed by atoms with Crippen molar-refractivity contribution < 1.29 is 65.6 Å². The second-order valence-electron chi connectivity index (χ2n) is 22.2. The number of pyridine rings is 1. The number of aromatic nitrogens is 2. The van der Waals surface area contributed by atoms with Crippen molar-refractivity contribution in [3.63, 3.8) is 0 Å². The Kier molecular flexibility index (Phi) is 22.9. The van der Waals surface area contributed by atoms with Gasteiger partial charge in [-0.05, 0) is 80.3 Å². The van der Waals surface area contributed by atoms with E-state index in [0.717, 1.165) is 27.8 Å². The number of H-pyrrole nitrogens is 1. The van der Waals surface area contributed by atoms with Gasteiger partial charge in [0.25, 0.3) is 11.8 Å². The Bertz CT molecular complexity index is 3160. The number of aromatic amines is 1. The molecule has 2 fully saturated rings. The number of nitrogens with one attached hydrogen (secondary N) is 5. The van der Waals surface area contributed by atoms with Crippen molar-refractivity contribution in [1.29, 1.82) is 0 Å². The Labute approximate surface area is 494 Å². The highest BCUT2D eigenvalue weighted by Crippen LogP contribution is 2.37. The van der Waals surface area contributed by atoms with Gasteiger partial charge in [0.05, 0.1) is 97.5 Å². The van der Waals surface area contributed by atoms with Crippen molar-refractivity contribution in [2.24, 2.45) is 5.41 Å². The Morgan fingerprint density at radius 1 is 0.812 bits per heavy atom. The minimum atomic E-state index is -5.01. The lowest BCUT2D eigenvalue weighted by Crippen LogP contribution is -2.57. The summed E-state index contributed by atoms with van der Waals surface area (Å²) in [7, 11) is 1.98. The van der Waals surface area contributed by atoms with Gasteiger partial charge in [-0.3, -0.25) is 33.7 Å². The highest BCUT2D eigenvalue weighted by molar-refractivity contribution is 7.13. The van der Waals surface area contributed by atoms with Gasteiger partial charge in [0.2, 0.25) is 23.3 Å². The molecule has 2 aromatic heterocycles. The van der Waals surface area contributed by atoms with Crippen LogP contribution in [0.4, 0.5) is 28.9 Å². The van der Waals surface area contributed by atoms with Crippen LogP contribution < -0.4 is 31.7 Å². The SMILES string of the molecule is Cc1ncsc1-c1ccc(CNC(=O)[C@@H]2C[C@@H](O)CN2C(=O)C(NC(=O)CCOCCOCCOCCOCCNC(=O)c2ccc(F)c(-c3ccc(N4C[C@@H](C)N(C)[C@@H](C)C4)c(NC(=O)c4c[nH]c(=O)cc4C(F)(F)F)c3)c2)C(C)(C)C)cc1. The number of likely N-dealkylation sites (tertiary alicyclic amines) is 1. The molecule has 20 nitrogen and oxygen atoms in total. The van der Waals surface area contributed by atoms with Gasteiger partial charge in [-0.25, -0.2) is 9.37 Å². The topological polar surface area (TPSA) is 246 Å². The lowest BCUT2D eigenvalue weighted by Gasteiger charge is -2.44. The second-order valence-corrected chi connectivity index (χ2v) is 23.0. The number of thiazole rings is 1. The molecule has 25 heteroatoms. The van der Waals surface area contributed by atoms with E-state index < -0.39 is 81.8 Å². The molecule has 0 aliphatic carbocycles. The quantitative estimate of drug-likeness (QED) is 0.0259. The largest absolute Gasteiger partial charge is 0.417 e. The van der Waals surface area contributed by atoms with Gasteiger partial charge in [-0.15, -0.1) is 11.3 Å². The number of alkyl halides is 3. The smallest absolute Gasteiger partial charge is 0.391 e. The number of ether oxygens (including phenoxy) is 4. The van der Waals surface area contributed by atoms with Crippen molar-refractivity contribution in [3.05, 3.63) is 123 Å². The number of aryl methyl sites for hydroxylation is 1. The third-order valence-electron chi connectivity index (χ3n) is 14.8. The van der Waals surface area contributed by atoms with E-state index in [0.29, 0.717) is 31.0 Å². The fourth-order valence-electron chi connectivity index (χ4n) is 9.93. The van der Waals surface area contributed by atoms with Crippen molar-refractivity contribution in [2.75, 3.05) is 96.3 Å². The maximum absolute atomic E-state index is 15.6. The molecule has 0 spiro atoms. The Morgan fingerprint density at radius 2 is 1.45 bits per heavy atom. The number of rotatable bonds is 26. The van der Waals surface area contributed by atoms with Gasteiger partial charge in [0.1, 0.15) is 17.9 Å². The number of aliphatic hydroxyl groups excluding tert-OH is 1. The second kappa shape index (κ2) is 29.8.